The monoisotopic (exact) mass is 366 g/mol. The highest BCUT2D eigenvalue weighted by Crippen LogP contribution is 2.27. The van der Waals surface area contributed by atoms with E-state index in [1.165, 1.54) is 0 Å². The summed E-state index contributed by atoms with van der Waals surface area (Å²) >= 11 is 3.45. The summed E-state index contributed by atoms with van der Waals surface area (Å²) in [6.45, 7) is 3.36. The minimum atomic E-state index is 0.0156. The number of amides is 1. The Morgan fingerprint density at radius 3 is 2.73 bits per heavy atom. The molecule has 1 aromatic heterocycles. The number of aryl methyl sites for hydroxylation is 1. The molecule has 7 heteroatoms. The van der Waals surface area contributed by atoms with Crippen LogP contribution in [0.5, 0.6) is 5.88 Å². The Morgan fingerprint density at radius 2 is 2.00 bits per heavy atom. The van der Waals surface area contributed by atoms with Gasteiger partial charge in [0.2, 0.25) is 5.88 Å². The van der Waals surface area contributed by atoms with Crippen LogP contribution < -0.4 is 4.74 Å². The molecule has 1 amide bonds. The van der Waals surface area contributed by atoms with Crippen LogP contribution in [0.1, 0.15) is 0 Å². The lowest BCUT2D eigenvalue weighted by Crippen LogP contribution is -2.48. The van der Waals surface area contributed by atoms with Gasteiger partial charge in [-0.1, -0.05) is 15.9 Å². The van der Waals surface area contributed by atoms with Crippen LogP contribution in [0, 0.1) is 0 Å². The van der Waals surface area contributed by atoms with Crippen molar-refractivity contribution in [1.29, 1.82) is 0 Å². The van der Waals surface area contributed by atoms with Gasteiger partial charge in [0, 0.05) is 37.7 Å². The normalized spacial score (nSPS) is 16.2. The number of benzene rings is 1. The van der Waals surface area contributed by atoms with Crippen LogP contribution in [0.2, 0.25) is 0 Å². The molecule has 0 unspecified atom stereocenters. The van der Waals surface area contributed by atoms with Crippen LogP contribution >= 0.6 is 15.9 Å². The van der Waals surface area contributed by atoms with E-state index >= 15 is 0 Å². The van der Waals surface area contributed by atoms with Gasteiger partial charge in [-0.2, -0.15) is 0 Å². The predicted octanol–water partition coefficient (Wildman–Crippen LogP) is 1.49. The third-order valence-electron chi connectivity index (χ3n) is 3.97. The Balaban J connectivity index is 1.69. The molecule has 2 aromatic rings. The molecule has 1 aromatic carbocycles. The predicted molar refractivity (Wildman–Crippen MR) is 88.0 cm³/mol. The van der Waals surface area contributed by atoms with E-state index in [9.17, 15) is 4.79 Å². The van der Waals surface area contributed by atoms with Gasteiger partial charge in [0.15, 0.2) is 6.61 Å². The first-order valence-corrected chi connectivity index (χ1v) is 8.05. The maximum atomic E-state index is 12.2. The molecule has 0 atom stereocenters. The molecule has 22 heavy (non-hydrogen) atoms. The maximum absolute atomic E-state index is 12.2. The number of piperazine rings is 1. The van der Waals surface area contributed by atoms with Gasteiger partial charge in [-0.25, -0.2) is 0 Å². The zero-order valence-electron chi connectivity index (χ0n) is 12.8. The first-order chi connectivity index (χ1) is 10.5. The molecule has 6 nitrogen and oxygen atoms in total. The minimum Gasteiger partial charge on any atom is -0.466 e. The van der Waals surface area contributed by atoms with Crippen LogP contribution in [-0.2, 0) is 11.8 Å². The fourth-order valence-corrected chi connectivity index (χ4v) is 2.95. The van der Waals surface area contributed by atoms with Gasteiger partial charge in [-0.3, -0.25) is 9.48 Å². The summed E-state index contributed by atoms with van der Waals surface area (Å²) in [5.74, 6) is 0.517. The summed E-state index contributed by atoms with van der Waals surface area (Å²) in [5.41, 5.74) is 0.977. The van der Waals surface area contributed by atoms with Gasteiger partial charge in [-0.15, -0.1) is 5.10 Å². The van der Waals surface area contributed by atoms with E-state index in [0.717, 1.165) is 41.6 Å². The molecule has 3 rings (SSSR count). The molecule has 0 bridgehead atoms. The SMILES string of the molecule is CN1CCN(C(=O)COc2nn(C)c3ccc(Br)cc23)CC1. The number of nitrogens with zero attached hydrogens (tertiary/aromatic N) is 4. The number of carbonyl (C=O) groups excluding carboxylic acids is 1. The number of fused-ring (bicyclic) bond motifs is 1. The Morgan fingerprint density at radius 1 is 1.27 bits per heavy atom. The topological polar surface area (TPSA) is 50.6 Å². The zero-order valence-corrected chi connectivity index (χ0v) is 14.3. The summed E-state index contributed by atoms with van der Waals surface area (Å²) < 4.78 is 8.40. The number of ether oxygens (including phenoxy) is 1. The van der Waals surface area contributed by atoms with E-state index in [2.05, 4.69) is 33.0 Å². The molecule has 0 saturated carbocycles. The zero-order chi connectivity index (χ0) is 15.7. The van der Waals surface area contributed by atoms with Crippen molar-refractivity contribution < 1.29 is 9.53 Å². The first kappa shape index (κ1) is 15.3. The van der Waals surface area contributed by atoms with Crippen LogP contribution in [0.4, 0.5) is 0 Å². The van der Waals surface area contributed by atoms with Gasteiger partial charge in [0.25, 0.3) is 5.91 Å². The number of hydrogen-bond acceptors (Lipinski definition) is 4. The van der Waals surface area contributed by atoms with E-state index < -0.39 is 0 Å². The summed E-state index contributed by atoms with van der Waals surface area (Å²) in [5, 5.41) is 5.26. The van der Waals surface area contributed by atoms with E-state index in [4.69, 9.17) is 4.74 Å². The van der Waals surface area contributed by atoms with Crippen LogP contribution in [0.25, 0.3) is 10.9 Å². The lowest BCUT2D eigenvalue weighted by Gasteiger charge is -2.32. The van der Waals surface area contributed by atoms with Crippen molar-refractivity contribution in [3.8, 4) is 5.88 Å². The van der Waals surface area contributed by atoms with Crippen molar-refractivity contribution in [3.63, 3.8) is 0 Å². The summed E-state index contributed by atoms with van der Waals surface area (Å²) in [7, 11) is 3.93. The molecule has 1 aliphatic heterocycles. The largest absolute Gasteiger partial charge is 0.466 e. The smallest absolute Gasteiger partial charge is 0.260 e. The Labute approximate surface area is 137 Å². The molecular formula is C15H19BrN4O2. The summed E-state index contributed by atoms with van der Waals surface area (Å²) in [4.78, 5) is 16.3. The lowest BCUT2D eigenvalue weighted by molar-refractivity contribution is -0.135. The molecule has 0 spiro atoms. The number of rotatable bonds is 3. The summed E-state index contributed by atoms with van der Waals surface area (Å²) in [6.07, 6.45) is 0. The number of hydrogen-bond donors (Lipinski definition) is 0. The average Bonchev–Trinajstić information content (AvgIpc) is 2.81. The second-order valence-electron chi connectivity index (χ2n) is 5.56. The van der Waals surface area contributed by atoms with Crippen molar-refractivity contribution in [1.82, 2.24) is 19.6 Å². The Kier molecular flexibility index (Phi) is 4.35. The third-order valence-corrected chi connectivity index (χ3v) is 4.46. The van der Waals surface area contributed by atoms with E-state index in [0.29, 0.717) is 5.88 Å². The minimum absolute atomic E-state index is 0.0156. The standard InChI is InChI=1S/C15H19BrN4O2/c1-18-5-7-20(8-6-18)14(21)10-22-15-12-9-11(16)3-4-13(12)19(2)17-15/h3-4,9H,5-8,10H2,1-2H3. The highest BCUT2D eigenvalue weighted by Gasteiger charge is 2.20. The van der Waals surface area contributed by atoms with E-state index in [1.807, 2.05) is 30.1 Å². The van der Waals surface area contributed by atoms with Crippen molar-refractivity contribution in [3.05, 3.63) is 22.7 Å². The summed E-state index contributed by atoms with van der Waals surface area (Å²) in [6, 6.07) is 5.89. The van der Waals surface area contributed by atoms with E-state index in [-0.39, 0.29) is 12.5 Å². The van der Waals surface area contributed by atoms with Crippen LogP contribution in [0.3, 0.4) is 0 Å². The molecule has 0 N–H and O–H groups in total. The number of aromatic nitrogens is 2. The van der Waals surface area contributed by atoms with Gasteiger partial charge in [0.1, 0.15) is 0 Å². The van der Waals surface area contributed by atoms with Gasteiger partial charge in [0.05, 0.1) is 10.9 Å². The number of halogens is 1. The molecule has 2 heterocycles. The second-order valence-corrected chi connectivity index (χ2v) is 6.48. The Hall–Kier alpha value is -1.60. The molecule has 118 valence electrons. The molecule has 0 radical (unpaired) electrons. The Bertz CT molecular complexity index is 692. The molecule has 0 aliphatic carbocycles. The maximum Gasteiger partial charge on any atom is 0.260 e. The highest BCUT2D eigenvalue weighted by molar-refractivity contribution is 9.10. The van der Waals surface area contributed by atoms with Crippen LogP contribution in [-0.4, -0.2) is 65.3 Å². The van der Waals surface area contributed by atoms with Crippen molar-refractivity contribution in [2.75, 3.05) is 39.8 Å². The van der Waals surface area contributed by atoms with Crippen molar-refractivity contribution in [2.24, 2.45) is 7.05 Å². The lowest BCUT2D eigenvalue weighted by atomic mass is 10.2. The van der Waals surface area contributed by atoms with Crippen LogP contribution in [0.15, 0.2) is 22.7 Å². The van der Waals surface area contributed by atoms with Gasteiger partial charge < -0.3 is 14.5 Å². The second kappa shape index (κ2) is 6.26. The third kappa shape index (κ3) is 3.10. The molecule has 1 aliphatic rings. The quantitative estimate of drug-likeness (QED) is 0.825. The van der Waals surface area contributed by atoms with Gasteiger partial charge >= 0.3 is 0 Å². The molecule has 1 fully saturated rings. The fourth-order valence-electron chi connectivity index (χ4n) is 2.59. The van der Waals surface area contributed by atoms with E-state index in [1.54, 1.807) is 4.68 Å². The first-order valence-electron chi connectivity index (χ1n) is 7.26. The molecule has 1 saturated heterocycles. The average molecular weight is 367 g/mol. The van der Waals surface area contributed by atoms with Crippen molar-refractivity contribution in [2.45, 2.75) is 0 Å². The number of likely N-dealkylation sites (N-methyl/N-ethyl adjacent to an activating group) is 1. The highest BCUT2D eigenvalue weighted by atomic mass is 79.9. The van der Waals surface area contributed by atoms with Crippen molar-refractivity contribution >= 4 is 32.7 Å². The van der Waals surface area contributed by atoms with Gasteiger partial charge in [-0.05, 0) is 25.2 Å². The number of carbonyl (C=O) groups is 1. The molecular weight excluding hydrogens is 348 g/mol. The fraction of sp³-hybridized carbons (Fsp3) is 0.467.